The van der Waals surface area contributed by atoms with Crippen LogP contribution in [0.5, 0.6) is 11.5 Å². The predicted molar refractivity (Wildman–Crippen MR) is 225 cm³/mol. The molecule has 5 heteroatoms. The molecule has 9 aromatic rings. The maximum atomic E-state index is 6.67. The maximum Gasteiger partial charge on any atom is 0.269 e. The highest BCUT2D eigenvalue weighted by Crippen LogP contribution is 2.36. The Kier molecular flexibility index (Phi) is 8.20. The molecule has 0 aliphatic heterocycles. The van der Waals surface area contributed by atoms with E-state index in [2.05, 4.69) is 195 Å². The number of pyridine rings is 1. The molecule has 0 saturated carbocycles. The fraction of sp³-hybridized carbons (Fsp3) is 0.160. The van der Waals surface area contributed by atoms with Gasteiger partial charge in [0, 0.05) is 23.0 Å². The smallest absolute Gasteiger partial charge is 0.269 e. The van der Waals surface area contributed by atoms with Crippen molar-refractivity contribution in [2.24, 2.45) is 0 Å². The van der Waals surface area contributed by atoms with Crippen LogP contribution in [0.25, 0.3) is 61.2 Å². The molecule has 0 N–H and O–H groups in total. The number of hydrogen-bond acceptors (Lipinski definition) is 2. The number of fused-ring (bicyclic) bond motifs is 4. The minimum Gasteiger partial charge on any atom is -0.458 e. The van der Waals surface area contributed by atoms with Gasteiger partial charge in [0.15, 0.2) is 0 Å². The van der Waals surface area contributed by atoms with Crippen LogP contribution in [0.1, 0.15) is 52.7 Å². The van der Waals surface area contributed by atoms with Gasteiger partial charge >= 0.3 is 0 Å². The summed E-state index contributed by atoms with van der Waals surface area (Å²) in [6.45, 7) is 13.7. The minimum absolute atomic E-state index is 0.000692. The first kappa shape index (κ1) is 34.3. The molecule has 0 amide bonds. The van der Waals surface area contributed by atoms with Crippen molar-refractivity contribution >= 4 is 32.8 Å². The van der Waals surface area contributed by atoms with Crippen molar-refractivity contribution in [2.45, 2.75) is 52.4 Å². The predicted octanol–water partition coefficient (Wildman–Crippen LogP) is 12.3. The van der Waals surface area contributed by atoms with E-state index in [4.69, 9.17) is 9.72 Å². The van der Waals surface area contributed by atoms with Crippen molar-refractivity contribution in [2.75, 3.05) is 0 Å². The number of para-hydroxylation sites is 3. The second-order valence-electron chi connectivity index (χ2n) is 16.4. The summed E-state index contributed by atoms with van der Waals surface area (Å²) in [6, 6.07) is 53.2. The summed E-state index contributed by atoms with van der Waals surface area (Å²) < 4.78 is 13.2. The van der Waals surface area contributed by atoms with Crippen molar-refractivity contribution < 1.29 is 9.30 Å². The Bertz CT molecular complexity index is 2830. The lowest BCUT2D eigenvalue weighted by molar-refractivity contribution is -0.572. The average Bonchev–Trinajstić information content (AvgIpc) is 3.74. The van der Waals surface area contributed by atoms with Crippen LogP contribution in [0, 0.1) is 6.33 Å². The summed E-state index contributed by atoms with van der Waals surface area (Å²) in [5.74, 6) is 2.35. The van der Waals surface area contributed by atoms with Gasteiger partial charge in [-0.15, -0.1) is 0 Å². The van der Waals surface area contributed by atoms with Gasteiger partial charge in [0.1, 0.15) is 17.3 Å². The number of nitrogens with zero attached hydrogens (tertiary/aromatic N) is 4. The summed E-state index contributed by atoms with van der Waals surface area (Å²) in [4.78, 5) is 4.86. The molecular weight excluding hydrogens is 673 g/mol. The number of ether oxygens (including phenoxy) is 1. The lowest BCUT2D eigenvalue weighted by Gasteiger charge is -2.26. The lowest BCUT2D eigenvalue weighted by Crippen LogP contribution is -2.29. The third-order valence-electron chi connectivity index (χ3n) is 10.5. The van der Waals surface area contributed by atoms with E-state index in [0.717, 1.165) is 67.3 Å². The normalized spacial score (nSPS) is 12.2. The van der Waals surface area contributed by atoms with Gasteiger partial charge in [-0.3, -0.25) is 13.7 Å². The molecule has 0 spiro atoms. The molecular formula is C50H44N4O. The zero-order valence-electron chi connectivity index (χ0n) is 32.2. The van der Waals surface area contributed by atoms with E-state index in [1.54, 1.807) is 0 Å². The third-order valence-corrected chi connectivity index (χ3v) is 10.5. The fourth-order valence-corrected chi connectivity index (χ4v) is 7.48. The van der Waals surface area contributed by atoms with Crippen LogP contribution in [0.4, 0.5) is 0 Å². The Labute approximate surface area is 322 Å². The molecule has 0 radical (unpaired) electrons. The number of aromatic nitrogens is 4. The first-order chi connectivity index (χ1) is 26.5. The van der Waals surface area contributed by atoms with Crippen LogP contribution < -0.4 is 9.30 Å². The minimum atomic E-state index is 0.000692. The van der Waals surface area contributed by atoms with Gasteiger partial charge in [-0.1, -0.05) is 126 Å². The molecule has 9 rings (SSSR count). The molecule has 3 heterocycles. The molecule has 55 heavy (non-hydrogen) atoms. The zero-order chi connectivity index (χ0) is 37.9. The van der Waals surface area contributed by atoms with Gasteiger partial charge in [0.2, 0.25) is 0 Å². The van der Waals surface area contributed by atoms with Crippen molar-refractivity contribution in [3.05, 3.63) is 175 Å². The standard InChI is InChI=1S/C50H44N4O/c1-49(2,3)36-28-37(50(4,5)6)30-39(29-36)53-33-52(45-21-12-13-22-46(45)53)38-17-14-18-40(31-38)55-41-23-24-43-42-19-10-11-20-44(42)54(47(43)32-41)48-27-35(25-26-51-48)34-15-8-7-9-16-34/h7-32H,1-6H3. The molecule has 0 fully saturated rings. The quantitative estimate of drug-likeness (QED) is 0.127. The van der Waals surface area contributed by atoms with E-state index >= 15 is 0 Å². The molecule has 270 valence electrons. The Morgan fingerprint density at radius 2 is 1.22 bits per heavy atom. The summed E-state index contributed by atoms with van der Waals surface area (Å²) in [5.41, 5.74) is 11.2. The number of imidazole rings is 1. The summed E-state index contributed by atoms with van der Waals surface area (Å²) in [5, 5.41) is 2.32. The monoisotopic (exact) mass is 716 g/mol. The summed E-state index contributed by atoms with van der Waals surface area (Å²) in [6.07, 6.45) is 5.61. The fourth-order valence-electron chi connectivity index (χ4n) is 7.48. The molecule has 0 atom stereocenters. The summed E-state index contributed by atoms with van der Waals surface area (Å²) >= 11 is 0. The van der Waals surface area contributed by atoms with Crippen molar-refractivity contribution in [1.29, 1.82) is 0 Å². The third kappa shape index (κ3) is 6.36. The first-order valence-electron chi connectivity index (χ1n) is 19.0. The molecule has 0 aliphatic carbocycles. The SMILES string of the molecule is CC(C)(C)c1cc(-n2[c-][n+](-c3cccc(Oc4ccc5c6ccccc6n(-c6cc(-c7ccccc7)ccn6)c5c4)c3)c3ccccc32)cc(C(C)(C)C)c1. The van der Waals surface area contributed by atoms with Crippen molar-refractivity contribution in [1.82, 2.24) is 14.1 Å². The Morgan fingerprint density at radius 1 is 0.545 bits per heavy atom. The van der Waals surface area contributed by atoms with E-state index < -0.39 is 0 Å². The van der Waals surface area contributed by atoms with Crippen molar-refractivity contribution in [3.8, 4) is 39.8 Å². The average molecular weight is 717 g/mol. The van der Waals surface area contributed by atoms with Crippen LogP contribution in [-0.2, 0) is 10.8 Å². The van der Waals surface area contributed by atoms with Crippen molar-refractivity contribution in [3.63, 3.8) is 0 Å². The van der Waals surface area contributed by atoms with Crippen LogP contribution in [0.3, 0.4) is 0 Å². The largest absolute Gasteiger partial charge is 0.458 e. The number of rotatable bonds is 6. The molecule has 0 aliphatic rings. The molecule has 0 bridgehead atoms. The molecule has 6 aromatic carbocycles. The second-order valence-corrected chi connectivity index (χ2v) is 16.4. The molecule has 3 aromatic heterocycles. The van der Waals surface area contributed by atoms with Crippen LogP contribution in [-0.4, -0.2) is 14.1 Å². The van der Waals surface area contributed by atoms with Gasteiger partial charge in [0.05, 0.1) is 33.4 Å². The molecule has 0 saturated heterocycles. The van der Waals surface area contributed by atoms with E-state index in [9.17, 15) is 0 Å². The van der Waals surface area contributed by atoms with E-state index in [0.29, 0.717) is 0 Å². The topological polar surface area (TPSA) is 35.9 Å². The van der Waals surface area contributed by atoms with Gasteiger partial charge in [-0.05, 0) is 93.7 Å². The Balaban J connectivity index is 1.12. The molecule has 0 unspecified atom stereocenters. The van der Waals surface area contributed by atoms with Gasteiger partial charge in [0.25, 0.3) is 6.33 Å². The maximum absolute atomic E-state index is 6.67. The lowest BCUT2D eigenvalue weighted by atomic mass is 9.80. The van der Waals surface area contributed by atoms with E-state index in [1.807, 2.05) is 24.4 Å². The van der Waals surface area contributed by atoms with Gasteiger partial charge < -0.3 is 4.74 Å². The highest BCUT2D eigenvalue weighted by atomic mass is 16.5. The highest BCUT2D eigenvalue weighted by molar-refractivity contribution is 6.09. The van der Waals surface area contributed by atoms with Crippen LogP contribution >= 0.6 is 0 Å². The summed E-state index contributed by atoms with van der Waals surface area (Å²) in [7, 11) is 0. The Morgan fingerprint density at radius 3 is 1.98 bits per heavy atom. The van der Waals surface area contributed by atoms with Crippen LogP contribution in [0.2, 0.25) is 0 Å². The van der Waals surface area contributed by atoms with Gasteiger partial charge in [-0.25, -0.2) is 4.98 Å². The number of hydrogen-bond donors (Lipinski definition) is 0. The zero-order valence-corrected chi connectivity index (χ0v) is 32.2. The number of benzene rings is 6. The second kappa shape index (κ2) is 13.1. The van der Waals surface area contributed by atoms with E-state index in [1.165, 1.54) is 16.5 Å². The molecule has 5 nitrogen and oxygen atoms in total. The van der Waals surface area contributed by atoms with E-state index in [-0.39, 0.29) is 10.8 Å². The highest BCUT2D eigenvalue weighted by Gasteiger charge is 2.23. The Hall–Kier alpha value is -6.46. The first-order valence-corrected chi connectivity index (χ1v) is 19.0. The van der Waals surface area contributed by atoms with Crippen LogP contribution in [0.15, 0.2) is 158 Å². The van der Waals surface area contributed by atoms with Gasteiger partial charge in [-0.2, -0.15) is 0 Å².